The first-order valence-corrected chi connectivity index (χ1v) is 8.30. The van der Waals surface area contributed by atoms with E-state index in [9.17, 15) is 0 Å². The van der Waals surface area contributed by atoms with E-state index in [1.807, 2.05) is 30.3 Å². The number of hydrogen-bond donors (Lipinski definition) is 0. The second kappa shape index (κ2) is 6.95. The summed E-state index contributed by atoms with van der Waals surface area (Å²) in [4.78, 5) is 0. The molecule has 4 heteroatoms. The van der Waals surface area contributed by atoms with E-state index < -0.39 is 0 Å². The molecule has 0 radical (unpaired) electrons. The quantitative estimate of drug-likeness (QED) is 0.558. The lowest BCUT2D eigenvalue weighted by Gasteiger charge is -2.16. The third-order valence-corrected chi connectivity index (χ3v) is 4.74. The first kappa shape index (κ1) is 15.7. The van der Waals surface area contributed by atoms with Crippen molar-refractivity contribution in [3.8, 4) is 5.75 Å². The van der Waals surface area contributed by atoms with Gasteiger partial charge in [-0.25, -0.2) is 0 Å². The van der Waals surface area contributed by atoms with Crippen molar-refractivity contribution in [1.29, 1.82) is 0 Å². The second-order valence-corrected chi connectivity index (χ2v) is 6.58. The van der Waals surface area contributed by atoms with E-state index in [4.69, 9.17) is 39.5 Å². The molecule has 2 aromatic rings. The first-order valence-electron chi connectivity index (χ1n) is 7.16. The molecule has 1 atom stereocenters. The Balaban J connectivity index is 1.79. The normalized spacial score (nSPS) is 17.0. The third-order valence-electron chi connectivity index (χ3n) is 3.76. The maximum Gasteiger partial charge on any atom is 0.123 e. The number of allylic oxidation sites excluding steroid dienone is 2. The van der Waals surface area contributed by atoms with Crippen LogP contribution in [0.4, 0.5) is 0 Å². The minimum atomic E-state index is 0.377. The van der Waals surface area contributed by atoms with Crippen LogP contribution >= 0.6 is 34.8 Å². The average Bonchev–Trinajstić information content (AvgIpc) is 3.03. The van der Waals surface area contributed by atoms with Gasteiger partial charge in [0.05, 0.1) is 10.0 Å². The summed E-state index contributed by atoms with van der Waals surface area (Å²) in [5.41, 5.74) is 2.12. The van der Waals surface area contributed by atoms with Gasteiger partial charge in [-0.15, -0.1) is 0 Å². The zero-order chi connectivity index (χ0) is 15.5. The van der Waals surface area contributed by atoms with Crippen molar-refractivity contribution in [1.82, 2.24) is 0 Å². The summed E-state index contributed by atoms with van der Waals surface area (Å²) in [6, 6.07) is 11.3. The molecule has 0 N–H and O–H groups in total. The van der Waals surface area contributed by atoms with Crippen molar-refractivity contribution in [3.63, 3.8) is 0 Å². The predicted molar refractivity (Wildman–Crippen MR) is 93.4 cm³/mol. The fourth-order valence-corrected chi connectivity index (χ4v) is 3.12. The standard InChI is InChI=1S/C18H15Cl3O/c19-14-6-8-18(15(10-14)13-3-1-2-4-13)22-11-12-5-7-16(20)17(21)9-12/h1,3,5-10,13H,2,4,11H2. The van der Waals surface area contributed by atoms with Gasteiger partial charge < -0.3 is 4.74 Å². The molecule has 0 saturated carbocycles. The second-order valence-electron chi connectivity index (χ2n) is 5.33. The van der Waals surface area contributed by atoms with E-state index in [-0.39, 0.29) is 0 Å². The number of hydrogen-bond acceptors (Lipinski definition) is 1. The molecule has 2 aromatic carbocycles. The summed E-state index contributed by atoms with van der Waals surface area (Å²) in [5.74, 6) is 1.24. The van der Waals surface area contributed by atoms with Crippen molar-refractivity contribution >= 4 is 34.8 Å². The summed E-state index contributed by atoms with van der Waals surface area (Å²) in [6.45, 7) is 0.446. The molecule has 1 unspecified atom stereocenters. The summed E-state index contributed by atoms with van der Waals surface area (Å²) < 4.78 is 5.99. The van der Waals surface area contributed by atoms with Crippen molar-refractivity contribution in [2.24, 2.45) is 0 Å². The van der Waals surface area contributed by atoms with Gasteiger partial charge in [0.15, 0.2) is 0 Å². The van der Waals surface area contributed by atoms with E-state index in [2.05, 4.69) is 12.2 Å². The highest BCUT2D eigenvalue weighted by Gasteiger charge is 2.17. The zero-order valence-electron chi connectivity index (χ0n) is 11.9. The van der Waals surface area contributed by atoms with Gasteiger partial charge in [-0.2, -0.15) is 0 Å². The van der Waals surface area contributed by atoms with Gasteiger partial charge in [0.25, 0.3) is 0 Å². The molecule has 1 nitrogen and oxygen atoms in total. The fraction of sp³-hybridized carbons (Fsp3) is 0.222. The molecule has 0 bridgehead atoms. The van der Waals surface area contributed by atoms with Crippen LogP contribution in [-0.4, -0.2) is 0 Å². The van der Waals surface area contributed by atoms with Gasteiger partial charge in [0, 0.05) is 16.5 Å². The average molecular weight is 354 g/mol. The number of rotatable bonds is 4. The summed E-state index contributed by atoms with van der Waals surface area (Å²) in [7, 11) is 0. The SMILES string of the molecule is Clc1ccc(OCc2ccc(Cl)c(Cl)c2)c(C2C=CCC2)c1. The van der Waals surface area contributed by atoms with Crippen LogP contribution in [0.5, 0.6) is 5.75 Å². The summed E-state index contributed by atoms with van der Waals surface area (Å²) in [5, 5.41) is 1.82. The van der Waals surface area contributed by atoms with E-state index in [0.717, 1.165) is 34.7 Å². The first-order chi connectivity index (χ1) is 10.6. The van der Waals surface area contributed by atoms with Gasteiger partial charge in [0.1, 0.15) is 12.4 Å². The lowest BCUT2D eigenvalue weighted by Crippen LogP contribution is -2.01. The van der Waals surface area contributed by atoms with Crippen LogP contribution in [0, 0.1) is 0 Å². The Morgan fingerprint density at radius 3 is 2.59 bits per heavy atom. The smallest absolute Gasteiger partial charge is 0.123 e. The van der Waals surface area contributed by atoms with E-state index in [0.29, 0.717) is 22.6 Å². The molecule has 0 spiro atoms. The van der Waals surface area contributed by atoms with E-state index in [1.54, 1.807) is 6.07 Å². The molecular formula is C18H15Cl3O. The van der Waals surface area contributed by atoms with E-state index in [1.165, 1.54) is 0 Å². The highest BCUT2D eigenvalue weighted by atomic mass is 35.5. The molecule has 1 aliphatic carbocycles. The minimum Gasteiger partial charge on any atom is -0.489 e. The van der Waals surface area contributed by atoms with Crippen LogP contribution in [0.2, 0.25) is 15.1 Å². The van der Waals surface area contributed by atoms with Gasteiger partial charge in [0.2, 0.25) is 0 Å². The minimum absolute atomic E-state index is 0.377. The lowest BCUT2D eigenvalue weighted by molar-refractivity contribution is 0.302. The molecule has 0 fully saturated rings. The van der Waals surface area contributed by atoms with E-state index >= 15 is 0 Å². The molecule has 0 amide bonds. The van der Waals surface area contributed by atoms with Crippen LogP contribution in [0.25, 0.3) is 0 Å². The zero-order valence-corrected chi connectivity index (χ0v) is 14.1. The number of ether oxygens (including phenoxy) is 1. The molecule has 0 saturated heterocycles. The maximum absolute atomic E-state index is 6.14. The van der Waals surface area contributed by atoms with Crippen LogP contribution in [0.3, 0.4) is 0 Å². The van der Waals surface area contributed by atoms with Crippen molar-refractivity contribution in [3.05, 3.63) is 74.7 Å². The highest BCUT2D eigenvalue weighted by Crippen LogP contribution is 2.36. The molecule has 0 aromatic heterocycles. The molecule has 0 heterocycles. The Kier molecular flexibility index (Phi) is 4.97. The van der Waals surface area contributed by atoms with Crippen LogP contribution in [-0.2, 0) is 6.61 Å². The molecule has 1 aliphatic rings. The Morgan fingerprint density at radius 1 is 1.00 bits per heavy atom. The molecule has 22 heavy (non-hydrogen) atoms. The lowest BCUT2D eigenvalue weighted by atomic mass is 9.98. The van der Waals surface area contributed by atoms with Crippen molar-refractivity contribution < 1.29 is 4.74 Å². The van der Waals surface area contributed by atoms with Crippen LogP contribution < -0.4 is 4.74 Å². The molecule has 0 aliphatic heterocycles. The van der Waals surface area contributed by atoms with Crippen molar-refractivity contribution in [2.75, 3.05) is 0 Å². The Hall–Kier alpha value is -1.15. The monoisotopic (exact) mass is 352 g/mol. The predicted octanol–water partition coefficient (Wildman–Crippen LogP) is 6.66. The topological polar surface area (TPSA) is 9.23 Å². The van der Waals surface area contributed by atoms with Crippen LogP contribution in [0.1, 0.15) is 29.9 Å². The highest BCUT2D eigenvalue weighted by molar-refractivity contribution is 6.42. The summed E-state index contributed by atoms with van der Waals surface area (Å²) in [6.07, 6.45) is 6.62. The van der Waals surface area contributed by atoms with Crippen LogP contribution in [0.15, 0.2) is 48.6 Å². The maximum atomic E-state index is 6.14. The molecule has 114 valence electrons. The van der Waals surface area contributed by atoms with Gasteiger partial charge in [-0.1, -0.05) is 53.0 Å². The number of benzene rings is 2. The fourth-order valence-electron chi connectivity index (χ4n) is 2.62. The Labute approximate surface area is 145 Å². The third kappa shape index (κ3) is 3.60. The Morgan fingerprint density at radius 2 is 1.86 bits per heavy atom. The largest absolute Gasteiger partial charge is 0.489 e. The van der Waals surface area contributed by atoms with Gasteiger partial charge in [-0.05, 0) is 48.7 Å². The summed E-state index contributed by atoms with van der Waals surface area (Å²) >= 11 is 18.1. The molecule has 3 rings (SSSR count). The van der Waals surface area contributed by atoms with Crippen molar-refractivity contribution in [2.45, 2.75) is 25.4 Å². The van der Waals surface area contributed by atoms with Gasteiger partial charge in [-0.3, -0.25) is 0 Å². The van der Waals surface area contributed by atoms with Gasteiger partial charge >= 0.3 is 0 Å². The molecular weight excluding hydrogens is 339 g/mol. The Bertz CT molecular complexity index is 709. The number of halogens is 3.